The summed E-state index contributed by atoms with van der Waals surface area (Å²) in [6.45, 7) is 0. The Balaban J connectivity index is 3.26. The molecule has 0 aliphatic heterocycles. The Morgan fingerprint density at radius 1 is 1.47 bits per heavy atom. The highest BCUT2D eigenvalue weighted by atomic mass is 79.9. The van der Waals surface area contributed by atoms with Crippen LogP contribution in [-0.4, -0.2) is 4.98 Å². The minimum atomic E-state index is -2.87. The summed E-state index contributed by atoms with van der Waals surface area (Å²) in [5.41, 5.74) is -0.410. The van der Waals surface area contributed by atoms with E-state index in [1.165, 1.54) is 6.07 Å². The molecule has 15 heavy (non-hydrogen) atoms. The Hall–Kier alpha value is -1.09. The molecule has 0 radical (unpaired) electrons. The van der Waals surface area contributed by atoms with Gasteiger partial charge in [-0.1, -0.05) is 15.9 Å². The van der Waals surface area contributed by atoms with Crippen molar-refractivity contribution in [3.63, 3.8) is 0 Å². The summed E-state index contributed by atoms with van der Waals surface area (Å²) >= 11 is 3.00. The van der Waals surface area contributed by atoms with Crippen LogP contribution in [0.3, 0.4) is 0 Å². The van der Waals surface area contributed by atoms with Crippen LogP contribution in [0, 0.1) is 17.3 Å². The van der Waals surface area contributed by atoms with Gasteiger partial charge in [0, 0.05) is 10.9 Å². The smallest absolute Gasteiger partial charge is 0.218 e. The van der Waals surface area contributed by atoms with Gasteiger partial charge < -0.3 is 0 Å². The molecule has 0 unspecified atom stereocenters. The lowest BCUT2D eigenvalue weighted by Crippen LogP contribution is -2.03. The van der Waals surface area contributed by atoms with Crippen molar-refractivity contribution in [2.45, 2.75) is 18.2 Å². The quantitative estimate of drug-likeness (QED) is 0.629. The molecule has 0 fully saturated rings. The molecular formula is C9H6BrF3N2. The Morgan fingerprint density at radius 2 is 2.13 bits per heavy atom. The summed E-state index contributed by atoms with van der Waals surface area (Å²) in [4.78, 5) is 3.16. The average molecular weight is 279 g/mol. The number of hydrogen-bond donors (Lipinski definition) is 0. The highest BCUT2D eigenvalue weighted by Gasteiger charge is 2.18. The molecule has 0 atom stereocenters. The van der Waals surface area contributed by atoms with Crippen molar-refractivity contribution in [3.8, 4) is 6.07 Å². The zero-order valence-corrected chi connectivity index (χ0v) is 9.06. The van der Waals surface area contributed by atoms with E-state index in [2.05, 4.69) is 20.9 Å². The third-order valence-electron chi connectivity index (χ3n) is 1.78. The standard InChI is InChI=1S/C9H6BrF3N2/c10-4-6-3-5(1-2-14)7(8(11)12)15-9(6)13/h3,8H,1,4H2. The van der Waals surface area contributed by atoms with Gasteiger partial charge in [-0.15, -0.1) is 0 Å². The van der Waals surface area contributed by atoms with Crippen molar-refractivity contribution < 1.29 is 13.2 Å². The Kier molecular flexibility index (Phi) is 4.09. The molecule has 0 spiro atoms. The first kappa shape index (κ1) is 12.0. The summed E-state index contributed by atoms with van der Waals surface area (Å²) in [6, 6.07) is 2.98. The Morgan fingerprint density at radius 3 is 2.60 bits per heavy atom. The van der Waals surface area contributed by atoms with Crippen LogP contribution in [0.2, 0.25) is 0 Å². The highest BCUT2D eigenvalue weighted by molar-refractivity contribution is 9.08. The number of pyridine rings is 1. The molecule has 2 nitrogen and oxygen atoms in total. The van der Waals surface area contributed by atoms with Crippen LogP contribution >= 0.6 is 15.9 Å². The van der Waals surface area contributed by atoms with Crippen molar-refractivity contribution in [2.75, 3.05) is 0 Å². The lowest BCUT2D eigenvalue weighted by atomic mass is 10.1. The number of nitrogens with zero attached hydrogens (tertiary/aromatic N) is 2. The van der Waals surface area contributed by atoms with Crippen LogP contribution < -0.4 is 0 Å². The minimum Gasteiger partial charge on any atom is -0.218 e. The molecule has 0 N–H and O–H groups in total. The molecule has 0 aliphatic rings. The second kappa shape index (κ2) is 5.12. The van der Waals surface area contributed by atoms with Gasteiger partial charge in [0.15, 0.2) is 0 Å². The predicted molar refractivity (Wildman–Crippen MR) is 51.1 cm³/mol. The second-order valence-corrected chi connectivity index (χ2v) is 3.31. The van der Waals surface area contributed by atoms with E-state index in [1.54, 1.807) is 6.07 Å². The van der Waals surface area contributed by atoms with E-state index in [0.717, 1.165) is 0 Å². The first-order valence-corrected chi connectivity index (χ1v) is 5.11. The van der Waals surface area contributed by atoms with Gasteiger partial charge in [-0.3, -0.25) is 0 Å². The molecule has 0 bridgehead atoms. The van der Waals surface area contributed by atoms with Gasteiger partial charge in [-0.25, -0.2) is 13.8 Å². The number of rotatable bonds is 3. The van der Waals surface area contributed by atoms with Gasteiger partial charge in [0.2, 0.25) is 5.95 Å². The molecule has 0 aliphatic carbocycles. The monoisotopic (exact) mass is 278 g/mol. The summed E-state index contributed by atoms with van der Waals surface area (Å²) in [7, 11) is 0. The number of nitriles is 1. The van der Waals surface area contributed by atoms with Crippen molar-refractivity contribution in [1.82, 2.24) is 4.98 Å². The first-order valence-electron chi connectivity index (χ1n) is 3.99. The lowest BCUT2D eigenvalue weighted by Gasteiger charge is -2.07. The summed E-state index contributed by atoms with van der Waals surface area (Å²) < 4.78 is 37.9. The Labute approximate surface area is 92.9 Å². The van der Waals surface area contributed by atoms with Crippen molar-refractivity contribution in [1.29, 1.82) is 5.26 Å². The van der Waals surface area contributed by atoms with Crippen LogP contribution in [0.25, 0.3) is 0 Å². The minimum absolute atomic E-state index is 0.0725. The normalized spacial score (nSPS) is 10.4. The van der Waals surface area contributed by atoms with E-state index in [4.69, 9.17) is 5.26 Å². The van der Waals surface area contributed by atoms with Gasteiger partial charge in [0.05, 0.1) is 12.5 Å². The van der Waals surface area contributed by atoms with Crippen LogP contribution in [0.15, 0.2) is 6.07 Å². The topological polar surface area (TPSA) is 36.7 Å². The van der Waals surface area contributed by atoms with E-state index in [9.17, 15) is 13.2 Å². The molecule has 6 heteroatoms. The number of aromatic nitrogens is 1. The maximum atomic E-state index is 13.1. The van der Waals surface area contributed by atoms with E-state index >= 15 is 0 Å². The van der Waals surface area contributed by atoms with Crippen LogP contribution in [0.4, 0.5) is 13.2 Å². The second-order valence-electron chi connectivity index (χ2n) is 2.75. The first-order chi connectivity index (χ1) is 7.10. The molecule has 1 aromatic rings. The molecule has 0 aromatic carbocycles. The molecule has 0 saturated heterocycles. The molecule has 80 valence electrons. The van der Waals surface area contributed by atoms with Gasteiger partial charge in [0.25, 0.3) is 6.43 Å². The zero-order chi connectivity index (χ0) is 11.4. The average Bonchev–Trinajstić information content (AvgIpc) is 2.20. The maximum absolute atomic E-state index is 13.1. The molecule has 1 heterocycles. The van der Waals surface area contributed by atoms with Crippen molar-refractivity contribution in [3.05, 3.63) is 28.8 Å². The van der Waals surface area contributed by atoms with Crippen LogP contribution in [0.1, 0.15) is 23.2 Å². The maximum Gasteiger partial charge on any atom is 0.280 e. The van der Waals surface area contributed by atoms with Crippen LogP contribution in [-0.2, 0) is 11.8 Å². The molecule has 1 aromatic heterocycles. The SMILES string of the molecule is N#CCc1cc(CBr)c(F)nc1C(F)F. The van der Waals surface area contributed by atoms with Gasteiger partial charge in [-0.05, 0) is 11.6 Å². The van der Waals surface area contributed by atoms with Crippen LogP contribution in [0.5, 0.6) is 0 Å². The van der Waals surface area contributed by atoms with Gasteiger partial charge >= 0.3 is 0 Å². The zero-order valence-electron chi connectivity index (χ0n) is 7.48. The summed E-state index contributed by atoms with van der Waals surface area (Å²) in [5.74, 6) is -0.927. The molecular weight excluding hydrogens is 273 g/mol. The molecule has 1 rings (SSSR count). The van der Waals surface area contributed by atoms with Crippen molar-refractivity contribution >= 4 is 15.9 Å². The number of halogens is 4. The third-order valence-corrected chi connectivity index (χ3v) is 2.39. The fourth-order valence-corrected chi connectivity index (χ4v) is 1.50. The summed E-state index contributed by atoms with van der Waals surface area (Å²) in [6.07, 6.45) is -3.07. The fraction of sp³-hybridized carbons (Fsp3) is 0.333. The van der Waals surface area contributed by atoms with E-state index < -0.39 is 18.1 Å². The highest BCUT2D eigenvalue weighted by Crippen LogP contribution is 2.24. The fourth-order valence-electron chi connectivity index (χ4n) is 1.10. The third kappa shape index (κ3) is 2.69. The molecule has 0 amide bonds. The van der Waals surface area contributed by atoms with Crippen molar-refractivity contribution in [2.24, 2.45) is 0 Å². The van der Waals surface area contributed by atoms with E-state index in [1.807, 2.05) is 0 Å². The van der Waals surface area contributed by atoms with Gasteiger partial charge in [-0.2, -0.15) is 9.65 Å². The van der Waals surface area contributed by atoms with Gasteiger partial charge in [0.1, 0.15) is 5.69 Å². The Bertz CT molecular complexity index is 401. The number of hydrogen-bond acceptors (Lipinski definition) is 2. The van der Waals surface area contributed by atoms with E-state index in [0.29, 0.717) is 0 Å². The lowest BCUT2D eigenvalue weighted by molar-refractivity contribution is 0.143. The predicted octanol–water partition coefficient (Wildman–Crippen LogP) is 3.12. The van der Waals surface area contributed by atoms with E-state index in [-0.39, 0.29) is 22.9 Å². The largest absolute Gasteiger partial charge is 0.280 e. The molecule has 0 saturated carbocycles. The number of alkyl halides is 3. The summed E-state index contributed by atoms with van der Waals surface area (Å²) in [5, 5.41) is 8.61.